The number of nitrogens with one attached hydrogen (secondary N) is 1. The maximum Gasteiger partial charge on any atom is 0.236 e. The number of primary amides is 1. The van der Waals surface area contributed by atoms with Crippen molar-refractivity contribution < 1.29 is 4.79 Å². The van der Waals surface area contributed by atoms with Gasteiger partial charge in [0.15, 0.2) is 0 Å². The average Bonchev–Trinajstić information content (AvgIpc) is 3.18. The van der Waals surface area contributed by atoms with Crippen LogP contribution in [-0.2, 0) is 11.3 Å². The number of rotatable bonds is 7. The Bertz CT molecular complexity index is 486. The summed E-state index contributed by atoms with van der Waals surface area (Å²) in [5.41, 5.74) is 7.58. The van der Waals surface area contributed by atoms with Crippen LogP contribution >= 0.6 is 15.9 Å². The molecule has 0 aliphatic heterocycles. The molecule has 110 valence electrons. The number of hydrogen-bond acceptors (Lipinski definition) is 3. The maximum absolute atomic E-state index is 11.2. The molecule has 20 heavy (non-hydrogen) atoms. The van der Waals surface area contributed by atoms with Gasteiger partial charge in [0.25, 0.3) is 0 Å². The molecule has 1 saturated carbocycles. The van der Waals surface area contributed by atoms with Crippen LogP contribution in [0.2, 0.25) is 0 Å². The lowest BCUT2D eigenvalue weighted by Crippen LogP contribution is -2.38. The summed E-state index contributed by atoms with van der Waals surface area (Å²) in [5.74, 6) is -0.311. The number of nitrogens with two attached hydrogens (primary N) is 1. The molecule has 1 fully saturated rings. The maximum atomic E-state index is 11.2. The van der Waals surface area contributed by atoms with Crippen LogP contribution in [0.25, 0.3) is 0 Å². The van der Waals surface area contributed by atoms with Crippen molar-refractivity contribution in [1.29, 1.82) is 0 Å². The van der Waals surface area contributed by atoms with Crippen molar-refractivity contribution in [3.63, 3.8) is 0 Å². The predicted molar refractivity (Wildman–Crippen MR) is 85.7 cm³/mol. The molecule has 4 nitrogen and oxygen atoms in total. The van der Waals surface area contributed by atoms with Gasteiger partial charge < -0.3 is 16.0 Å². The van der Waals surface area contributed by atoms with Gasteiger partial charge in [-0.2, -0.15) is 0 Å². The highest BCUT2D eigenvalue weighted by atomic mass is 79.9. The molecule has 1 aliphatic rings. The molecule has 0 spiro atoms. The van der Waals surface area contributed by atoms with E-state index in [0.29, 0.717) is 6.04 Å². The van der Waals surface area contributed by atoms with Gasteiger partial charge in [0.05, 0.1) is 6.54 Å². The van der Waals surface area contributed by atoms with Crippen molar-refractivity contribution in [1.82, 2.24) is 5.32 Å². The van der Waals surface area contributed by atoms with Crippen molar-refractivity contribution in [3.05, 3.63) is 28.2 Å². The third kappa shape index (κ3) is 4.21. The van der Waals surface area contributed by atoms with Crippen molar-refractivity contribution >= 4 is 27.5 Å². The molecule has 0 heterocycles. The van der Waals surface area contributed by atoms with E-state index in [4.69, 9.17) is 5.73 Å². The van der Waals surface area contributed by atoms with Crippen LogP contribution in [0.15, 0.2) is 22.7 Å². The Labute approximate surface area is 128 Å². The van der Waals surface area contributed by atoms with Crippen LogP contribution in [0.5, 0.6) is 0 Å². The van der Waals surface area contributed by atoms with E-state index in [1.54, 1.807) is 0 Å². The zero-order chi connectivity index (χ0) is 14.7. The predicted octanol–water partition coefficient (Wildman–Crippen LogP) is 2.40. The summed E-state index contributed by atoms with van der Waals surface area (Å²) in [4.78, 5) is 13.2. The number of anilines is 1. The number of carbonyl (C=O) groups excluding carboxylic acids is 1. The van der Waals surface area contributed by atoms with Crippen LogP contribution in [0.3, 0.4) is 0 Å². The lowest BCUT2D eigenvalue weighted by molar-refractivity contribution is -0.116. The van der Waals surface area contributed by atoms with Gasteiger partial charge in [0, 0.05) is 28.8 Å². The van der Waals surface area contributed by atoms with Crippen LogP contribution < -0.4 is 16.0 Å². The summed E-state index contributed by atoms with van der Waals surface area (Å²) in [6.45, 7) is 5.23. The summed E-state index contributed by atoms with van der Waals surface area (Å²) in [5, 5.41) is 3.50. The number of carbonyl (C=O) groups is 1. The first-order chi connectivity index (χ1) is 9.47. The highest BCUT2D eigenvalue weighted by Crippen LogP contribution is 2.26. The third-order valence-corrected chi connectivity index (χ3v) is 4.21. The Morgan fingerprint density at radius 2 is 2.20 bits per heavy atom. The van der Waals surface area contributed by atoms with Gasteiger partial charge in [-0.15, -0.1) is 0 Å². The van der Waals surface area contributed by atoms with Crippen molar-refractivity contribution in [2.24, 2.45) is 5.73 Å². The second-order valence-electron chi connectivity index (χ2n) is 5.62. The molecule has 2 rings (SSSR count). The van der Waals surface area contributed by atoms with E-state index < -0.39 is 0 Å². The molecule has 0 atom stereocenters. The fraction of sp³-hybridized carbons (Fsp3) is 0.533. The second kappa shape index (κ2) is 6.59. The van der Waals surface area contributed by atoms with Gasteiger partial charge in [-0.05, 0) is 44.4 Å². The Balaban J connectivity index is 2.10. The molecular formula is C15H22BrN3O. The van der Waals surface area contributed by atoms with Crippen LogP contribution in [0, 0.1) is 0 Å². The zero-order valence-electron chi connectivity index (χ0n) is 12.0. The Kier molecular flexibility index (Phi) is 5.05. The molecule has 3 N–H and O–H groups in total. The second-order valence-corrected chi connectivity index (χ2v) is 6.47. The number of halogens is 1. The number of nitrogens with zero attached hydrogens (tertiary/aromatic N) is 1. The summed E-state index contributed by atoms with van der Waals surface area (Å²) in [7, 11) is 0. The minimum Gasteiger partial charge on any atom is -0.368 e. The molecular weight excluding hydrogens is 318 g/mol. The molecule has 0 radical (unpaired) electrons. The zero-order valence-corrected chi connectivity index (χ0v) is 13.6. The quantitative estimate of drug-likeness (QED) is 0.801. The summed E-state index contributed by atoms with van der Waals surface area (Å²) in [6, 6.07) is 7.14. The summed E-state index contributed by atoms with van der Waals surface area (Å²) in [6.07, 6.45) is 2.57. The fourth-order valence-corrected chi connectivity index (χ4v) is 2.65. The van der Waals surface area contributed by atoms with Gasteiger partial charge >= 0.3 is 0 Å². The molecule has 1 aromatic rings. The van der Waals surface area contributed by atoms with E-state index >= 15 is 0 Å². The molecule has 5 heteroatoms. The first-order valence-corrected chi connectivity index (χ1v) is 7.83. The largest absolute Gasteiger partial charge is 0.368 e. The van der Waals surface area contributed by atoms with Crippen LogP contribution in [0.1, 0.15) is 32.3 Å². The van der Waals surface area contributed by atoms with Gasteiger partial charge in [-0.1, -0.05) is 22.0 Å². The molecule has 1 aliphatic carbocycles. The van der Waals surface area contributed by atoms with Crippen LogP contribution in [0.4, 0.5) is 5.69 Å². The number of hydrogen-bond donors (Lipinski definition) is 2. The average molecular weight is 340 g/mol. The topological polar surface area (TPSA) is 58.4 Å². The van der Waals surface area contributed by atoms with Gasteiger partial charge in [0.1, 0.15) is 0 Å². The molecule has 1 amide bonds. The van der Waals surface area contributed by atoms with Gasteiger partial charge in [0.2, 0.25) is 5.91 Å². The minimum atomic E-state index is -0.311. The Morgan fingerprint density at radius 3 is 2.70 bits per heavy atom. The SMILES string of the molecule is CC(C)N(CC(N)=O)c1ccc(CNC2CC2)c(Br)c1. The van der Waals surface area contributed by atoms with E-state index in [1.807, 2.05) is 4.90 Å². The Morgan fingerprint density at radius 1 is 1.50 bits per heavy atom. The smallest absolute Gasteiger partial charge is 0.236 e. The molecule has 0 bridgehead atoms. The lowest BCUT2D eigenvalue weighted by atomic mass is 10.1. The number of amides is 1. The highest BCUT2D eigenvalue weighted by molar-refractivity contribution is 9.10. The molecule has 0 unspecified atom stereocenters. The van der Waals surface area contributed by atoms with E-state index in [1.165, 1.54) is 18.4 Å². The first kappa shape index (κ1) is 15.3. The van der Waals surface area contributed by atoms with Gasteiger partial charge in [-0.25, -0.2) is 0 Å². The molecule has 0 aromatic heterocycles. The highest BCUT2D eigenvalue weighted by Gasteiger charge is 2.20. The first-order valence-electron chi connectivity index (χ1n) is 7.04. The van der Waals surface area contributed by atoms with Crippen molar-refractivity contribution in [3.8, 4) is 0 Å². The van der Waals surface area contributed by atoms with Crippen LogP contribution in [-0.4, -0.2) is 24.5 Å². The van der Waals surface area contributed by atoms with E-state index in [2.05, 4.69) is 53.3 Å². The third-order valence-electron chi connectivity index (χ3n) is 3.48. The molecule has 0 saturated heterocycles. The van der Waals surface area contributed by atoms with Crippen molar-refractivity contribution in [2.45, 2.75) is 45.3 Å². The van der Waals surface area contributed by atoms with E-state index in [0.717, 1.165) is 16.7 Å². The summed E-state index contributed by atoms with van der Waals surface area (Å²) < 4.78 is 1.07. The van der Waals surface area contributed by atoms with E-state index in [-0.39, 0.29) is 18.5 Å². The Hall–Kier alpha value is -1.07. The minimum absolute atomic E-state index is 0.227. The molecule has 1 aromatic carbocycles. The lowest BCUT2D eigenvalue weighted by Gasteiger charge is -2.28. The fourth-order valence-electron chi connectivity index (χ4n) is 2.14. The van der Waals surface area contributed by atoms with Crippen molar-refractivity contribution in [2.75, 3.05) is 11.4 Å². The number of benzene rings is 1. The normalized spacial score (nSPS) is 14.6. The van der Waals surface area contributed by atoms with E-state index in [9.17, 15) is 4.79 Å². The standard InChI is InChI=1S/C15H22BrN3O/c1-10(2)19(9-15(17)20)13-6-3-11(14(16)7-13)8-18-12-4-5-12/h3,6-7,10,12,18H,4-5,8-9H2,1-2H3,(H2,17,20). The van der Waals surface area contributed by atoms with Gasteiger partial charge in [-0.3, -0.25) is 4.79 Å². The monoisotopic (exact) mass is 339 g/mol. The summed E-state index contributed by atoms with van der Waals surface area (Å²) >= 11 is 3.62.